The van der Waals surface area contributed by atoms with E-state index in [9.17, 15) is 27.6 Å². The molecular formula is C24H19F3N4O4. The van der Waals surface area contributed by atoms with Gasteiger partial charge in [0.25, 0.3) is 5.91 Å². The first-order valence-corrected chi connectivity index (χ1v) is 10.3. The van der Waals surface area contributed by atoms with Crippen LogP contribution in [0.15, 0.2) is 72.6 Å². The van der Waals surface area contributed by atoms with Crippen molar-refractivity contribution in [2.75, 3.05) is 19.0 Å². The molecule has 4 amide bonds. The Balaban J connectivity index is 1.52. The molecule has 4 rings (SSSR count). The number of rotatable bonds is 6. The van der Waals surface area contributed by atoms with Crippen LogP contribution in [-0.2, 0) is 15.8 Å². The first-order valence-electron chi connectivity index (χ1n) is 10.3. The van der Waals surface area contributed by atoms with Crippen LogP contribution in [0.2, 0.25) is 0 Å². The summed E-state index contributed by atoms with van der Waals surface area (Å²) in [6.45, 7) is -0.547. The molecule has 3 aromatic rings. The maximum absolute atomic E-state index is 13.1. The topological polar surface area (TPSA) is 92.7 Å². The number of carbonyl (C=O) groups excluding carboxylic acids is 3. The van der Waals surface area contributed by atoms with Crippen molar-refractivity contribution in [2.24, 2.45) is 0 Å². The summed E-state index contributed by atoms with van der Waals surface area (Å²) in [6.07, 6.45) is -1.65. The zero-order valence-electron chi connectivity index (χ0n) is 18.3. The highest BCUT2D eigenvalue weighted by atomic mass is 19.4. The molecule has 0 atom stereocenters. The van der Waals surface area contributed by atoms with Crippen molar-refractivity contribution in [3.8, 4) is 11.4 Å². The number of anilines is 1. The predicted molar refractivity (Wildman–Crippen MR) is 121 cm³/mol. The molecule has 0 aliphatic carbocycles. The van der Waals surface area contributed by atoms with E-state index in [1.165, 1.54) is 36.1 Å². The van der Waals surface area contributed by atoms with Crippen LogP contribution < -0.4 is 15.4 Å². The van der Waals surface area contributed by atoms with E-state index >= 15 is 0 Å². The van der Waals surface area contributed by atoms with E-state index in [2.05, 4.69) is 10.6 Å². The Bertz CT molecular complexity index is 1330. The van der Waals surface area contributed by atoms with Crippen LogP contribution in [0.5, 0.6) is 5.75 Å². The Morgan fingerprint density at radius 3 is 2.60 bits per heavy atom. The lowest BCUT2D eigenvalue weighted by Crippen LogP contribution is -2.38. The van der Waals surface area contributed by atoms with Crippen molar-refractivity contribution in [1.82, 2.24) is 14.8 Å². The van der Waals surface area contributed by atoms with E-state index in [0.29, 0.717) is 17.1 Å². The van der Waals surface area contributed by atoms with Crippen molar-refractivity contribution < 1.29 is 32.3 Å². The monoisotopic (exact) mass is 484 g/mol. The molecule has 0 bridgehead atoms. The normalized spacial score (nSPS) is 14.9. The number of hydrogen-bond donors (Lipinski definition) is 2. The lowest BCUT2D eigenvalue weighted by Gasteiger charge is -2.13. The molecule has 1 aromatic heterocycles. The minimum atomic E-state index is -4.51. The van der Waals surface area contributed by atoms with Crippen LogP contribution in [0.25, 0.3) is 11.8 Å². The van der Waals surface area contributed by atoms with Gasteiger partial charge in [-0.15, -0.1) is 0 Å². The number of alkyl halides is 3. The number of aromatic nitrogens is 1. The number of benzene rings is 2. The van der Waals surface area contributed by atoms with Gasteiger partial charge in [0, 0.05) is 17.6 Å². The van der Waals surface area contributed by atoms with Gasteiger partial charge in [0.1, 0.15) is 18.0 Å². The minimum Gasteiger partial charge on any atom is -0.495 e. The summed E-state index contributed by atoms with van der Waals surface area (Å²) in [5.41, 5.74) is 0.0170. The zero-order chi connectivity index (χ0) is 25.2. The maximum atomic E-state index is 13.1. The van der Waals surface area contributed by atoms with Gasteiger partial charge < -0.3 is 19.9 Å². The Hall–Kier alpha value is -4.54. The molecule has 2 aromatic carbocycles. The molecule has 8 nitrogen and oxygen atoms in total. The molecule has 1 aliphatic heterocycles. The molecule has 2 N–H and O–H groups in total. The molecule has 11 heteroatoms. The van der Waals surface area contributed by atoms with Crippen LogP contribution in [0, 0.1) is 0 Å². The van der Waals surface area contributed by atoms with E-state index in [1.54, 1.807) is 36.4 Å². The van der Waals surface area contributed by atoms with Crippen LogP contribution >= 0.6 is 0 Å². The number of nitrogens with zero attached hydrogens (tertiary/aromatic N) is 2. The number of hydrogen-bond acceptors (Lipinski definition) is 4. The van der Waals surface area contributed by atoms with Crippen molar-refractivity contribution in [3.63, 3.8) is 0 Å². The Labute approximate surface area is 197 Å². The molecule has 0 spiro atoms. The second kappa shape index (κ2) is 9.37. The molecule has 0 unspecified atom stereocenters. The molecular weight excluding hydrogens is 465 g/mol. The number of imide groups is 1. The summed E-state index contributed by atoms with van der Waals surface area (Å²) < 4.78 is 45.9. The second-order valence-electron chi connectivity index (χ2n) is 7.48. The third-order valence-corrected chi connectivity index (χ3v) is 5.17. The summed E-state index contributed by atoms with van der Waals surface area (Å²) >= 11 is 0. The Morgan fingerprint density at radius 2 is 1.86 bits per heavy atom. The average molecular weight is 484 g/mol. The number of para-hydroxylation sites is 2. The van der Waals surface area contributed by atoms with Crippen molar-refractivity contribution in [3.05, 3.63) is 83.8 Å². The summed E-state index contributed by atoms with van der Waals surface area (Å²) in [6, 6.07) is 13.7. The molecule has 1 aliphatic rings. The SMILES string of the molecule is COc1ccccc1NC(=O)CN1C(=O)N/C(=C/c2cccn2-c2cccc(C(F)(F)F)c2)C1=O. The highest BCUT2D eigenvalue weighted by Crippen LogP contribution is 2.31. The van der Waals surface area contributed by atoms with Crippen LogP contribution in [0.4, 0.5) is 23.7 Å². The largest absolute Gasteiger partial charge is 0.495 e. The molecule has 35 heavy (non-hydrogen) atoms. The molecule has 0 radical (unpaired) electrons. The average Bonchev–Trinajstić information content (AvgIpc) is 3.39. The molecule has 1 fully saturated rings. The third kappa shape index (κ3) is 5.03. The van der Waals surface area contributed by atoms with E-state index in [4.69, 9.17) is 4.74 Å². The zero-order valence-corrected chi connectivity index (χ0v) is 18.3. The number of amides is 4. The molecule has 0 saturated carbocycles. The van der Waals surface area contributed by atoms with Gasteiger partial charge in [-0.1, -0.05) is 18.2 Å². The van der Waals surface area contributed by atoms with Crippen molar-refractivity contribution in [2.45, 2.75) is 6.18 Å². The number of ether oxygens (including phenoxy) is 1. The van der Waals surface area contributed by atoms with Gasteiger partial charge >= 0.3 is 12.2 Å². The standard InChI is InChI=1S/C24H19F3N4O4/c1-35-20-10-3-2-9-18(20)28-21(32)14-31-22(33)19(29-23(31)34)13-17-8-5-11-30(17)16-7-4-6-15(12-16)24(25,26)27/h2-13H,14H2,1H3,(H,28,32)(H,29,34)/b19-13+. The third-order valence-electron chi connectivity index (χ3n) is 5.17. The van der Waals surface area contributed by atoms with Gasteiger partial charge in [-0.05, 0) is 48.5 Å². The van der Waals surface area contributed by atoms with Gasteiger partial charge in [0.15, 0.2) is 0 Å². The lowest BCUT2D eigenvalue weighted by molar-refractivity contribution is -0.137. The second-order valence-corrected chi connectivity index (χ2v) is 7.48. The smallest absolute Gasteiger partial charge is 0.416 e. The van der Waals surface area contributed by atoms with Crippen molar-refractivity contribution in [1.29, 1.82) is 0 Å². The van der Waals surface area contributed by atoms with Crippen LogP contribution in [0.1, 0.15) is 11.3 Å². The number of methoxy groups -OCH3 is 1. The van der Waals surface area contributed by atoms with Crippen LogP contribution in [0.3, 0.4) is 0 Å². The van der Waals surface area contributed by atoms with Gasteiger partial charge in [-0.3, -0.25) is 9.59 Å². The highest BCUT2D eigenvalue weighted by molar-refractivity contribution is 6.16. The maximum Gasteiger partial charge on any atom is 0.416 e. The van der Waals surface area contributed by atoms with E-state index < -0.39 is 36.1 Å². The van der Waals surface area contributed by atoms with Crippen LogP contribution in [-0.4, -0.2) is 41.0 Å². The fourth-order valence-electron chi connectivity index (χ4n) is 3.52. The number of halogens is 3. The van der Waals surface area contributed by atoms with E-state index in [1.807, 2.05) is 0 Å². The lowest BCUT2D eigenvalue weighted by atomic mass is 10.2. The first kappa shape index (κ1) is 23.6. The molecule has 2 heterocycles. The summed E-state index contributed by atoms with van der Waals surface area (Å²) in [7, 11) is 1.44. The van der Waals surface area contributed by atoms with Gasteiger partial charge in [0.05, 0.1) is 18.4 Å². The van der Waals surface area contributed by atoms with Gasteiger partial charge in [-0.25, -0.2) is 9.69 Å². The van der Waals surface area contributed by atoms with E-state index in [0.717, 1.165) is 17.0 Å². The summed E-state index contributed by atoms with van der Waals surface area (Å²) in [5, 5.41) is 4.98. The number of nitrogens with one attached hydrogen (secondary N) is 2. The number of carbonyl (C=O) groups is 3. The fourth-order valence-corrected chi connectivity index (χ4v) is 3.52. The van der Waals surface area contributed by atoms with Gasteiger partial charge in [-0.2, -0.15) is 13.2 Å². The quantitative estimate of drug-likeness (QED) is 0.408. The van der Waals surface area contributed by atoms with Gasteiger partial charge in [0.2, 0.25) is 5.91 Å². The predicted octanol–water partition coefficient (Wildman–Crippen LogP) is 4.04. The fraction of sp³-hybridized carbons (Fsp3) is 0.125. The van der Waals surface area contributed by atoms with Crippen molar-refractivity contribution >= 4 is 29.6 Å². The van der Waals surface area contributed by atoms with E-state index in [-0.39, 0.29) is 11.4 Å². The summed E-state index contributed by atoms with van der Waals surface area (Å²) in [5.74, 6) is -0.956. The Kier molecular flexibility index (Phi) is 6.32. The summed E-state index contributed by atoms with van der Waals surface area (Å²) in [4.78, 5) is 38.3. The molecule has 180 valence electrons. The minimum absolute atomic E-state index is 0.119. The number of urea groups is 1. The highest BCUT2D eigenvalue weighted by Gasteiger charge is 2.35. The Morgan fingerprint density at radius 1 is 1.09 bits per heavy atom. The molecule has 1 saturated heterocycles. The first-order chi connectivity index (χ1) is 16.7.